The Labute approximate surface area is 136 Å². The third-order valence-electron chi connectivity index (χ3n) is 4.20. The van der Waals surface area contributed by atoms with Crippen molar-refractivity contribution in [1.82, 2.24) is 4.57 Å². The van der Waals surface area contributed by atoms with E-state index in [9.17, 15) is 0 Å². The number of benzene rings is 3. The van der Waals surface area contributed by atoms with Gasteiger partial charge in [0.15, 0.2) is 0 Å². The van der Waals surface area contributed by atoms with Gasteiger partial charge in [-0.2, -0.15) is 0 Å². The van der Waals surface area contributed by atoms with Crippen LogP contribution in [0.15, 0.2) is 91.5 Å². The molecule has 0 saturated carbocycles. The van der Waals surface area contributed by atoms with Crippen molar-refractivity contribution in [3.63, 3.8) is 0 Å². The van der Waals surface area contributed by atoms with Crippen molar-refractivity contribution in [1.29, 1.82) is 0 Å². The molecule has 110 valence electrons. The number of hydrogen-bond acceptors (Lipinski definition) is 0. The normalized spacial score (nSPS) is 10.8. The fourth-order valence-corrected chi connectivity index (χ4v) is 3.23. The summed E-state index contributed by atoms with van der Waals surface area (Å²) in [7, 11) is 0. The first-order valence-electron chi connectivity index (χ1n) is 7.76. The van der Waals surface area contributed by atoms with Gasteiger partial charge in [0.25, 0.3) is 0 Å². The predicted molar refractivity (Wildman–Crippen MR) is 99.2 cm³/mol. The maximum atomic E-state index is 4.04. The highest BCUT2D eigenvalue weighted by Crippen LogP contribution is 2.40. The summed E-state index contributed by atoms with van der Waals surface area (Å²) >= 11 is 0. The molecule has 0 fully saturated rings. The van der Waals surface area contributed by atoms with Crippen molar-refractivity contribution in [2.24, 2.45) is 0 Å². The summed E-state index contributed by atoms with van der Waals surface area (Å²) in [5.41, 5.74) is 6.05. The maximum Gasteiger partial charge on any atom is 0.0613 e. The molecule has 1 aromatic heterocycles. The average Bonchev–Trinajstić information content (AvgIpc) is 2.97. The van der Waals surface area contributed by atoms with Crippen LogP contribution < -0.4 is 0 Å². The molecule has 3 aromatic carbocycles. The summed E-state index contributed by atoms with van der Waals surface area (Å²) in [5, 5.41) is 1.25. The predicted octanol–water partition coefficient (Wildman–Crippen LogP) is 6.08. The third-order valence-corrected chi connectivity index (χ3v) is 4.20. The first-order valence-corrected chi connectivity index (χ1v) is 7.76. The van der Waals surface area contributed by atoms with Crippen LogP contribution in [-0.4, -0.2) is 4.57 Å². The highest BCUT2D eigenvalue weighted by Gasteiger charge is 2.18. The number of aromatic nitrogens is 1. The van der Waals surface area contributed by atoms with Gasteiger partial charge in [-0.3, -0.25) is 0 Å². The van der Waals surface area contributed by atoms with Crippen molar-refractivity contribution >= 4 is 17.1 Å². The van der Waals surface area contributed by atoms with Crippen LogP contribution in [0, 0.1) is 0 Å². The van der Waals surface area contributed by atoms with Crippen LogP contribution in [0.4, 0.5) is 0 Å². The summed E-state index contributed by atoms with van der Waals surface area (Å²) in [4.78, 5) is 0. The monoisotopic (exact) mass is 295 g/mol. The highest BCUT2D eigenvalue weighted by molar-refractivity contribution is 6.05. The molecule has 0 amide bonds. The largest absolute Gasteiger partial charge is 0.316 e. The van der Waals surface area contributed by atoms with Crippen LogP contribution in [0.1, 0.15) is 0 Å². The Bertz CT molecular complexity index is 963. The van der Waals surface area contributed by atoms with E-state index in [2.05, 4.69) is 90.0 Å². The molecule has 1 heterocycles. The molecule has 4 aromatic rings. The van der Waals surface area contributed by atoms with Gasteiger partial charge in [0.1, 0.15) is 0 Å². The minimum Gasteiger partial charge on any atom is -0.316 e. The van der Waals surface area contributed by atoms with Crippen molar-refractivity contribution < 1.29 is 0 Å². The lowest BCUT2D eigenvalue weighted by Gasteiger charge is -2.09. The lowest BCUT2D eigenvalue weighted by Crippen LogP contribution is -1.90. The topological polar surface area (TPSA) is 4.93 Å². The van der Waals surface area contributed by atoms with Gasteiger partial charge in [-0.05, 0) is 17.2 Å². The first kappa shape index (κ1) is 13.6. The van der Waals surface area contributed by atoms with Crippen molar-refractivity contribution in [3.8, 4) is 22.4 Å². The molecular formula is C22H17N. The first-order chi connectivity index (χ1) is 11.4. The number of rotatable bonds is 3. The van der Waals surface area contributed by atoms with E-state index in [0.29, 0.717) is 0 Å². The SMILES string of the molecule is C=Cn1c(-c2ccccc2)c(-c2ccccc2)c2ccccc21. The summed E-state index contributed by atoms with van der Waals surface area (Å²) < 4.78 is 2.19. The molecule has 1 nitrogen and oxygen atoms in total. The molecule has 0 atom stereocenters. The molecule has 0 N–H and O–H groups in total. The summed E-state index contributed by atoms with van der Waals surface area (Å²) in [6, 6.07) is 29.6. The Kier molecular flexibility index (Phi) is 3.32. The zero-order valence-electron chi connectivity index (χ0n) is 12.8. The van der Waals surface area contributed by atoms with E-state index in [4.69, 9.17) is 0 Å². The van der Waals surface area contributed by atoms with Gasteiger partial charge in [0.2, 0.25) is 0 Å². The van der Waals surface area contributed by atoms with Crippen LogP contribution in [0.2, 0.25) is 0 Å². The van der Waals surface area contributed by atoms with E-state index < -0.39 is 0 Å². The summed E-state index contributed by atoms with van der Waals surface area (Å²) in [6.45, 7) is 4.04. The minimum absolute atomic E-state index is 1.18. The molecule has 23 heavy (non-hydrogen) atoms. The van der Waals surface area contributed by atoms with Gasteiger partial charge in [0.05, 0.1) is 11.2 Å². The molecule has 0 unspecified atom stereocenters. The standard InChI is InChI=1S/C22H17N/c1-2-23-20-16-10-9-15-19(20)21(17-11-5-3-6-12-17)22(23)18-13-7-4-8-14-18/h2-16H,1H2. The number of fused-ring (bicyclic) bond motifs is 1. The molecule has 0 aliphatic rings. The number of nitrogens with zero attached hydrogens (tertiary/aromatic N) is 1. The second-order valence-electron chi connectivity index (χ2n) is 5.53. The molecular weight excluding hydrogens is 278 g/mol. The minimum atomic E-state index is 1.18. The van der Waals surface area contributed by atoms with E-state index in [1.54, 1.807) is 0 Å². The Morgan fingerprint density at radius 3 is 1.87 bits per heavy atom. The number of hydrogen-bond donors (Lipinski definition) is 0. The van der Waals surface area contributed by atoms with E-state index in [-0.39, 0.29) is 0 Å². The lowest BCUT2D eigenvalue weighted by molar-refractivity contribution is 1.24. The number of para-hydroxylation sites is 1. The smallest absolute Gasteiger partial charge is 0.0613 e. The van der Waals surface area contributed by atoms with Crippen molar-refractivity contribution in [2.45, 2.75) is 0 Å². The van der Waals surface area contributed by atoms with Crippen LogP contribution in [0.3, 0.4) is 0 Å². The fraction of sp³-hybridized carbons (Fsp3) is 0. The second-order valence-corrected chi connectivity index (χ2v) is 5.53. The molecule has 4 rings (SSSR count). The lowest BCUT2D eigenvalue weighted by atomic mass is 9.98. The van der Waals surface area contributed by atoms with Gasteiger partial charge in [-0.15, -0.1) is 0 Å². The van der Waals surface area contributed by atoms with Gasteiger partial charge in [0, 0.05) is 17.1 Å². The van der Waals surface area contributed by atoms with Gasteiger partial charge >= 0.3 is 0 Å². The summed E-state index contributed by atoms with van der Waals surface area (Å²) in [5.74, 6) is 0. The molecule has 0 aliphatic heterocycles. The van der Waals surface area contributed by atoms with Crippen molar-refractivity contribution in [3.05, 3.63) is 91.5 Å². The fourth-order valence-electron chi connectivity index (χ4n) is 3.23. The summed E-state index contributed by atoms with van der Waals surface area (Å²) in [6.07, 6.45) is 1.90. The van der Waals surface area contributed by atoms with E-state index >= 15 is 0 Å². The maximum absolute atomic E-state index is 4.04. The molecule has 0 saturated heterocycles. The van der Waals surface area contributed by atoms with E-state index in [1.807, 2.05) is 12.3 Å². The Hall–Kier alpha value is -3.06. The van der Waals surface area contributed by atoms with Crippen LogP contribution in [0.25, 0.3) is 39.5 Å². The van der Waals surface area contributed by atoms with Crippen LogP contribution in [0.5, 0.6) is 0 Å². The molecule has 0 aliphatic carbocycles. The molecule has 0 spiro atoms. The highest BCUT2D eigenvalue weighted by atomic mass is 15.0. The van der Waals surface area contributed by atoms with E-state index in [1.165, 1.54) is 33.3 Å². The van der Waals surface area contributed by atoms with Gasteiger partial charge < -0.3 is 4.57 Å². The van der Waals surface area contributed by atoms with Gasteiger partial charge in [-0.25, -0.2) is 0 Å². The molecule has 1 heteroatoms. The molecule has 0 radical (unpaired) electrons. The van der Waals surface area contributed by atoms with Crippen LogP contribution >= 0.6 is 0 Å². The quantitative estimate of drug-likeness (QED) is 0.432. The molecule has 0 bridgehead atoms. The average molecular weight is 295 g/mol. The van der Waals surface area contributed by atoms with Crippen molar-refractivity contribution in [2.75, 3.05) is 0 Å². The van der Waals surface area contributed by atoms with E-state index in [0.717, 1.165) is 0 Å². The zero-order chi connectivity index (χ0) is 15.6. The Morgan fingerprint density at radius 2 is 1.22 bits per heavy atom. The van der Waals surface area contributed by atoms with Crippen LogP contribution in [-0.2, 0) is 0 Å². The zero-order valence-corrected chi connectivity index (χ0v) is 12.8. The third kappa shape index (κ3) is 2.18. The Morgan fingerprint density at radius 1 is 0.652 bits per heavy atom. The van der Waals surface area contributed by atoms with Gasteiger partial charge in [-0.1, -0.05) is 85.4 Å². The Balaban J connectivity index is 2.17. The second kappa shape index (κ2) is 5.62.